The molecule has 1 N–H and O–H groups in total. The zero-order valence-electron chi connectivity index (χ0n) is 19.0. The first-order chi connectivity index (χ1) is 16.5. The topological polar surface area (TPSA) is 82.5 Å². The van der Waals surface area contributed by atoms with Gasteiger partial charge >= 0.3 is 0 Å². The molecule has 34 heavy (non-hydrogen) atoms. The van der Waals surface area contributed by atoms with E-state index in [-0.39, 0.29) is 17.3 Å². The number of nitrogens with one attached hydrogen (secondary N) is 1. The van der Waals surface area contributed by atoms with Gasteiger partial charge in [0.25, 0.3) is 0 Å². The van der Waals surface area contributed by atoms with Gasteiger partial charge in [-0.2, -0.15) is 0 Å². The van der Waals surface area contributed by atoms with Crippen LogP contribution in [-0.4, -0.2) is 35.5 Å². The van der Waals surface area contributed by atoms with Crippen molar-refractivity contribution in [3.05, 3.63) is 83.9 Å². The largest absolute Gasteiger partial charge is 0.497 e. The summed E-state index contributed by atoms with van der Waals surface area (Å²) in [7, 11) is 3.04. The average Bonchev–Trinajstić information content (AvgIpc) is 3.23. The highest BCUT2D eigenvalue weighted by molar-refractivity contribution is 6.09. The summed E-state index contributed by atoms with van der Waals surface area (Å²) in [4.78, 5) is 31.4. The summed E-state index contributed by atoms with van der Waals surface area (Å²) in [5.74, 6) is -0.268. The van der Waals surface area contributed by atoms with E-state index in [0.717, 1.165) is 6.07 Å². The minimum absolute atomic E-state index is 0.0615. The molecule has 1 heterocycles. The lowest BCUT2D eigenvalue weighted by molar-refractivity contribution is -0.119. The van der Waals surface area contributed by atoms with Crippen LogP contribution < -0.4 is 14.8 Å². The van der Waals surface area contributed by atoms with Gasteiger partial charge in [-0.1, -0.05) is 31.2 Å². The van der Waals surface area contributed by atoms with Crippen molar-refractivity contribution in [3.63, 3.8) is 0 Å². The van der Waals surface area contributed by atoms with Gasteiger partial charge in [0.15, 0.2) is 5.82 Å². The van der Waals surface area contributed by atoms with E-state index in [1.807, 2.05) is 13.0 Å². The van der Waals surface area contributed by atoms with E-state index in [1.165, 1.54) is 32.4 Å². The first kappa shape index (κ1) is 23.0. The third-order valence-corrected chi connectivity index (χ3v) is 5.55. The number of imidazole rings is 1. The summed E-state index contributed by atoms with van der Waals surface area (Å²) in [6, 6.07) is 16.9. The van der Waals surface area contributed by atoms with E-state index >= 15 is 0 Å². The van der Waals surface area contributed by atoms with Crippen molar-refractivity contribution in [1.29, 1.82) is 0 Å². The molecule has 0 bridgehead atoms. The molecule has 0 spiro atoms. The summed E-state index contributed by atoms with van der Waals surface area (Å²) in [6.45, 7) is 1.85. The number of carbonyl (C=O) groups is 2. The fourth-order valence-electron chi connectivity index (χ4n) is 3.89. The minimum atomic E-state index is -0.768. The molecule has 0 aliphatic heterocycles. The van der Waals surface area contributed by atoms with Gasteiger partial charge < -0.3 is 19.4 Å². The molecule has 8 heteroatoms. The van der Waals surface area contributed by atoms with Gasteiger partial charge in [0.1, 0.15) is 23.4 Å². The Morgan fingerprint density at radius 3 is 2.53 bits per heavy atom. The number of nitrogens with zero attached hydrogens (tertiary/aromatic N) is 2. The zero-order chi connectivity index (χ0) is 24.2. The van der Waals surface area contributed by atoms with Gasteiger partial charge in [-0.05, 0) is 42.8 Å². The Morgan fingerprint density at radius 1 is 1.03 bits per heavy atom. The summed E-state index contributed by atoms with van der Waals surface area (Å²) < 4.78 is 26.1. The molecule has 0 aliphatic carbocycles. The molecule has 4 rings (SSSR count). The number of anilines is 1. The number of benzene rings is 3. The molecule has 0 radical (unpaired) electrons. The fraction of sp³-hybridized carbons (Fsp3) is 0.192. The van der Waals surface area contributed by atoms with Crippen LogP contribution in [0.5, 0.6) is 11.5 Å². The third-order valence-electron chi connectivity index (χ3n) is 5.55. The number of carbonyl (C=O) groups excluding carboxylic acids is 2. The van der Waals surface area contributed by atoms with E-state index in [1.54, 1.807) is 41.0 Å². The van der Waals surface area contributed by atoms with E-state index in [9.17, 15) is 14.0 Å². The van der Waals surface area contributed by atoms with E-state index in [2.05, 4.69) is 10.3 Å². The number of halogens is 1. The first-order valence-electron chi connectivity index (χ1n) is 10.8. The second-order valence-electron chi connectivity index (χ2n) is 7.61. The number of hydrogen-bond acceptors (Lipinski definition) is 5. The number of methoxy groups -OCH3 is 2. The zero-order valence-corrected chi connectivity index (χ0v) is 19.0. The average molecular weight is 461 g/mol. The lowest BCUT2D eigenvalue weighted by atomic mass is 10.1. The summed E-state index contributed by atoms with van der Waals surface area (Å²) in [5, 5.41) is 2.89. The van der Waals surface area contributed by atoms with Crippen LogP contribution in [0.2, 0.25) is 0 Å². The smallest absolute Gasteiger partial charge is 0.247 e. The van der Waals surface area contributed by atoms with Crippen LogP contribution in [0, 0.1) is 5.82 Å². The van der Waals surface area contributed by atoms with Crippen LogP contribution in [0.15, 0.2) is 66.7 Å². The molecule has 1 unspecified atom stereocenters. The van der Waals surface area contributed by atoms with Crippen molar-refractivity contribution in [2.45, 2.75) is 19.4 Å². The quantitative estimate of drug-likeness (QED) is 0.373. The van der Waals surface area contributed by atoms with E-state index < -0.39 is 17.6 Å². The number of aromatic nitrogens is 2. The Balaban J connectivity index is 1.79. The molecule has 7 nitrogen and oxygen atoms in total. The number of ether oxygens (including phenoxy) is 2. The first-order valence-corrected chi connectivity index (χ1v) is 10.8. The number of rotatable bonds is 8. The van der Waals surface area contributed by atoms with E-state index in [0.29, 0.717) is 34.6 Å². The van der Waals surface area contributed by atoms with Gasteiger partial charge in [0.05, 0.1) is 30.9 Å². The Labute approximate surface area is 196 Å². The molecule has 0 saturated heterocycles. The lowest BCUT2D eigenvalue weighted by Crippen LogP contribution is -2.28. The molecule has 4 aromatic rings. The summed E-state index contributed by atoms with van der Waals surface area (Å²) >= 11 is 0. The molecule has 0 saturated carbocycles. The normalized spacial score (nSPS) is 11.8. The van der Waals surface area contributed by atoms with Crippen molar-refractivity contribution < 1.29 is 23.5 Å². The molecule has 1 amide bonds. The van der Waals surface area contributed by atoms with Crippen molar-refractivity contribution in [2.75, 3.05) is 19.5 Å². The monoisotopic (exact) mass is 461 g/mol. The molecule has 3 aromatic carbocycles. The standard InChI is InChI=1S/C26H24FN3O4/c1-4-21(26(32)29-20-15-18(33-2)12-13-23(20)34-3)30-22-11-6-5-10-19(22)28-25(30)24(31)16-8-7-9-17(27)14-16/h5-15,21H,4H2,1-3H3,(H,29,32). The van der Waals surface area contributed by atoms with Crippen LogP contribution in [-0.2, 0) is 4.79 Å². The Morgan fingerprint density at radius 2 is 1.82 bits per heavy atom. The third kappa shape index (κ3) is 4.34. The lowest BCUT2D eigenvalue weighted by Gasteiger charge is -2.21. The second kappa shape index (κ2) is 9.74. The highest BCUT2D eigenvalue weighted by atomic mass is 19.1. The van der Waals surface area contributed by atoms with Crippen molar-refractivity contribution in [2.24, 2.45) is 0 Å². The van der Waals surface area contributed by atoms with Crippen molar-refractivity contribution in [1.82, 2.24) is 9.55 Å². The highest BCUT2D eigenvalue weighted by Crippen LogP contribution is 2.31. The van der Waals surface area contributed by atoms with Gasteiger partial charge in [-0.25, -0.2) is 9.37 Å². The maximum atomic E-state index is 13.8. The number of para-hydroxylation sites is 2. The Bertz CT molecular complexity index is 1370. The molecule has 0 fully saturated rings. The summed E-state index contributed by atoms with van der Waals surface area (Å²) in [6.07, 6.45) is 0.377. The maximum Gasteiger partial charge on any atom is 0.247 e. The molecule has 1 atom stereocenters. The predicted molar refractivity (Wildman–Crippen MR) is 127 cm³/mol. The molecular weight excluding hydrogens is 437 g/mol. The number of amides is 1. The van der Waals surface area contributed by atoms with Crippen LogP contribution >= 0.6 is 0 Å². The predicted octanol–water partition coefficient (Wildman–Crippen LogP) is 5.01. The second-order valence-corrected chi connectivity index (χ2v) is 7.61. The van der Waals surface area contributed by atoms with Crippen molar-refractivity contribution >= 4 is 28.4 Å². The van der Waals surface area contributed by atoms with Crippen LogP contribution in [0.3, 0.4) is 0 Å². The number of ketones is 1. The Kier molecular flexibility index (Phi) is 6.58. The van der Waals surface area contributed by atoms with Gasteiger partial charge in [-0.3, -0.25) is 9.59 Å². The number of hydrogen-bond donors (Lipinski definition) is 1. The van der Waals surface area contributed by atoms with Crippen molar-refractivity contribution in [3.8, 4) is 11.5 Å². The molecule has 0 aliphatic rings. The van der Waals surface area contributed by atoms with Crippen LogP contribution in [0.1, 0.15) is 35.6 Å². The minimum Gasteiger partial charge on any atom is -0.497 e. The SMILES string of the molecule is CCC(C(=O)Nc1cc(OC)ccc1OC)n1c(C(=O)c2cccc(F)c2)nc2ccccc21. The van der Waals surface area contributed by atoms with E-state index in [4.69, 9.17) is 9.47 Å². The molecule has 174 valence electrons. The van der Waals surface area contributed by atoms with Gasteiger partial charge in [0.2, 0.25) is 11.7 Å². The van der Waals surface area contributed by atoms with Crippen LogP contribution in [0.4, 0.5) is 10.1 Å². The number of fused-ring (bicyclic) bond motifs is 1. The van der Waals surface area contributed by atoms with Gasteiger partial charge in [-0.15, -0.1) is 0 Å². The Hall–Kier alpha value is -4.20. The fourth-order valence-corrected chi connectivity index (χ4v) is 3.89. The summed E-state index contributed by atoms with van der Waals surface area (Å²) in [5.41, 5.74) is 1.78. The highest BCUT2D eigenvalue weighted by Gasteiger charge is 2.28. The molecule has 1 aromatic heterocycles. The molecular formula is C26H24FN3O4. The van der Waals surface area contributed by atoms with Crippen LogP contribution in [0.25, 0.3) is 11.0 Å². The van der Waals surface area contributed by atoms with Gasteiger partial charge in [0, 0.05) is 11.6 Å². The maximum absolute atomic E-state index is 13.8.